The number of nitro groups is 1. The molecule has 136 valence electrons. The largest absolute Gasteiger partial charge is 0.351 e. The van der Waals surface area contributed by atoms with Gasteiger partial charge in [0.25, 0.3) is 11.6 Å². The number of benzene rings is 2. The number of carbonyl (C=O) groups is 2. The van der Waals surface area contributed by atoms with Crippen LogP contribution in [0.1, 0.15) is 16.8 Å². The van der Waals surface area contributed by atoms with Gasteiger partial charge in [-0.1, -0.05) is 12.1 Å². The van der Waals surface area contributed by atoms with Crippen LogP contribution in [0.2, 0.25) is 0 Å². The fraction of sp³-hybridized carbons (Fsp3) is 0.125. The Labute approximate surface area is 146 Å². The van der Waals surface area contributed by atoms with Gasteiger partial charge in [-0.2, -0.15) is 0 Å². The van der Waals surface area contributed by atoms with Crippen LogP contribution in [0.5, 0.6) is 0 Å². The number of para-hydroxylation sites is 2. The lowest BCUT2D eigenvalue weighted by Gasteiger charge is -2.09. The van der Waals surface area contributed by atoms with E-state index in [1.54, 1.807) is 6.07 Å². The molecule has 0 aliphatic carbocycles. The van der Waals surface area contributed by atoms with Gasteiger partial charge in [0.2, 0.25) is 5.91 Å². The van der Waals surface area contributed by atoms with Crippen molar-refractivity contribution in [3.8, 4) is 0 Å². The molecule has 2 aromatic carbocycles. The molecule has 26 heavy (non-hydrogen) atoms. The fourth-order valence-corrected chi connectivity index (χ4v) is 2.00. The fourth-order valence-electron chi connectivity index (χ4n) is 2.00. The highest BCUT2D eigenvalue weighted by Gasteiger charge is 2.14. The van der Waals surface area contributed by atoms with Crippen LogP contribution in [-0.2, 0) is 4.79 Å². The third kappa shape index (κ3) is 4.97. The van der Waals surface area contributed by atoms with Gasteiger partial charge in [-0.05, 0) is 18.2 Å². The van der Waals surface area contributed by atoms with Crippen molar-refractivity contribution in [2.75, 3.05) is 12.0 Å². The van der Waals surface area contributed by atoms with E-state index in [2.05, 4.69) is 16.2 Å². The van der Waals surface area contributed by atoms with E-state index in [0.717, 1.165) is 12.1 Å². The van der Waals surface area contributed by atoms with Gasteiger partial charge in [-0.25, -0.2) is 8.78 Å². The summed E-state index contributed by atoms with van der Waals surface area (Å²) in [4.78, 5) is 33.7. The second-order valence-corrected chi connectivity index (χ2v) is 5.08. The summed E-state index contributed by atoms with van der Waals surface area (Å²) in [6.07, 6.45) is -0.164. The van der Waals surface area contributed by atoms with Gasteiger partial charge in [0.15, 0.2) is 0 Å². The average molecular weight is 364 g/mol. The molecule has 0 bridgehead atoms. The summed E-state index contributed by atoms with van der Waals surface area (Å²) in [6, 6.07) is 8.24. The van der Waals surface area contributed by atoms with Crippen LogP contribution in [0.25, 0.3) is 0 Å². The zero-order valence-electron chi connectivity index (χ0n) is 13.3. The number of nitrogens with one attached hydrogen (secondary N) is 3. The second kappa shape index (κ2) is 8.51. The molecule has 2 aromatic rings. The third-order valence-electron chi connectivity index (χ3n) is 3.25. The Morgan fingerprint density at radius 3 is 2.54 bits per heavy atom. The van der Waals surface area contributed by atoms with Crippen LogP contribution >= 0.6 is 0 Å². The van der Waals surface area contributed by atoms with Gasteiger partial charge in [-0.15, -0.1) is 0 Å². The minimum Gasteiger partial charge on any atom is -0.351 e. The number of amides is 2. The summed E-state index contributed by atoms with van der Waals surface area (Å²) in [7, 11) is 0. The van der Waals surface area contributed by atoms with Crippen LogP contribution in [0.4, 0.5) is 20.2 Å². The maximum atomic E-state index is 13.5. The molecular weight excluding hydrogens is 350 g/mol. The molecule has 0 spiro atoms. The van der Waals surface area contributed by atoms with Crippen LogP contribution < -0.4 is 16.2 Å². The summed E-state index contributed by atoms with van der Waals surface area (Å²) in [6.45, 7) is -0.111. The second-order valence-electron chi connectivity index (χ2n) is 5.08. The highest BCUT2D eigenvalue weighted by molar-refractivity contribution is 5.94. The summed E-state index contributed by atoms with van der Waals surface area (Å²) >= 11 is 0. The Morgan fingerprint density at radius 1 is 1.12 bits per heavy atom. The predicted octanol–water partition coefficient (Wildman–Crippen LogP) is 2.14. The topological polar surface area (TPSA) is 113 Å². The first-order valence-electron chi connectivity index (χ1n) is 7.40. The number of nitro benzene ring substituents is 1. The minimum absolute atomic E-state index is 0.100. The summed E-state index contributed by atoms with van der Waals surface area (Å²) in [5.41, 5.74) is 4.22. The van der Waals surface area contributed by atoms with Crippen molar-refractivity contribution in [3.63, 3.8) is 0 Å². The van der Waals surface area contributed by atoms with Gasteiger partial charge in [0.05, 0.1) is 10.5 Å². The first-order valence-corrected chi connectivity index (χ1v) is 7.40. The first-order chi connectivity index (χ1) is 12.4. The zero-order valence-corrected chi connectivity index (χ0v) is 13.3. The predicted molar refractivity (Wildman–Crippen MR) is 88.2 cm³/mol. The van der Waals surface area contributed by atoms with Gasteiger partial charge in [0.1, 0.15) is 17.3 Å². The van der Waals surface area contributed by atoms with E-state index in [0.29, 0.717) is 6.07 Å². The molecule has 10 heteroatoms. The Balaban J connectivity index is 1.81. The van der Waals surface area contributed by atoms with E-state index in [1.165, 1.54) is 18.2 Å². The van der Waals surface area contributed by atoms with Crippen molar-refractivity contribution in [1.29, 1.82) is 0 Å². The molecule has 0 aliphatic rings. The SMILES string of the molecule is O=C(CCNC(=O)c1ccc(F)cc1F)NNc1ccccc1[N+](=O)[O-]. The van der Waals surface area contributed by atoms with Crippen molar-refractivity contribution >= 4 is 23.2 Å². The van der Waals surface area contributed by atoms with Crippen molar-refractivity contribution in [1.82, 2.24) is 10.7 Å². The number of halogens is 2. The molecular formula is C16H14F2N4O4. The molecule has 0 radical (unpaired) electrons. The molecule has 0 saturated heterocycles. The Bertz CT molecular complexity index is 845. The minimum atomic E-state index is -1.01. The lowest BCUT2D eigenvalue weighted by molar-refractivity contribution is -0.384. The molecule has 0 aliphatic heterocycles. The van der Waals surface area contributed by atoms with E-state index >= 15 is 0 Å². The van der Waals surface area contributed by atoms with Crippen molar-refractivity contribution < 1.29 is 23.3 Å². The monoisotopic (exact) mass is 364 g/mol. The van der Waals surface area contributed by atoms with Crippen LogP contribution in [0.15, 0.2) is 42.5 Å². The quantitative estimate of drug-likeness (QED) is 0.515. The summed E-state index contributed by atoms with van der Waals surface area (Å²) in [5, 5.41) is 13.2. The van der Waals surface area contributed by atoms with Crippen molar-refractivity contribution in [2.45, 2.75) is 6.42 Å². The van der Waals surface area contributed by atoms with E-state index in [9.17, 15) is 28.5 Å². The van der Waals surface area contributed by atoms with E-state index in [4.69, 9.17) is 0 Å². The molecule has 0 saturated carbocycles. The number of hydrogen-bond acceptors (Lipinski definition) is 5. The number of rotatable bonds is 7. The molecule has 0 atom stereocenters. The van der Waals surface area contributed by atoms with Gasteiger partial charge < -0.3 is 5.32 Å². The Morgan fingerprint density at radius 2 is 1.85 bits per heavy atom. The average Bonchev–Trinajstić information content (AvgIpc) is 2.60. The first kappa shape index (κ1) is 18.8. The molecule has 2 rings (SSSR count). The summed E-state index contributed by atoms with van der Waals surface area (Å²) in [5.74, 6) is -3.16. The van der Waals surface area contributed by atoms with E-state index < -0.39 is 28.4 Å². The van der Waals surface area contributed by atoms with Crippen molar-refractivity contribution in [2.24, 2.45) is 0 Å². The highest BCUT2D eigenvalue weighted by atomic mass is 19.1. The number of hydrazine groups is 1. The molecule has 0 unspecified atom stereocenters. The standard InChI is InChI=1S/C16H14F2N4O4/c17-10-5-6-11(12(18)9-10)16(24)19-8-7-15(23)21-20-13-3-1-2-4-14(13)22(25)26/h1-6,9,20H,7-8H2,(H,19,24)(H,21,23). The Kier molecular flexibility index (Phi) is 6.15. The van der Waals surface area contributed by atoms with Crippen LogP contribution in [0, 0.1) is 21.7 Å². The molecule has 3 N–H and O–H groups in total. The molecule has 8 nitrogen and oxygen atoms in total. The molecule has 0 heterocycles. The lowest BCUT2D eigenvalue weighted by atomic mass is 10.2. The molecule has 0 fully saturated rings. The van der Waals surface area contributed by atoms with E-state index in [1.807, 2.05) is 0 Å². The summed E-state index contributed by atoms with van der Waals surface area (Å²) < 4.78 is 26.3. The number of anilines is 1. The number of hydrogen-bond donors (Lipinski definition) is 3. The zero-order chi connectivity index (χ0) is 19.1. The molecule has 0 aromatic heterocycles. The Hall–Kier alpha value is -3.56. The lowest BCUT2D eigenvalue weighted by Crippen LogP contribution is -2.34. The highest BCUT2D eigenvalue weighted by Crippen LogP contribution is 2.22. The maximum absolute atomic E-state index is 13.5. The van der Waals surface area contributed by atoms with E-state index in [-0.39, 0.29) is 29.9 Å². The number of nitrogens with zero attached hydrogens (tertiary/aromatic N) is 1. The van der Waals surface area contributed by atoms with Crippen LogP contribution in [0.3, 0.4) is 0 Å². The maximum Gasteiger partial charge on any atom is 0.294 e. The third-order valence-corrected chi connectivity index (χ3v) is 3.25. The number of carbonyl (C=O) groups excluding carboxylic acids is 2. The van der Waals surface area contributed by atoms with Gasteiger partial charge >= 0.3 is 0 Å². The normalized spacial score (nSPS) is 10.1. The van der Waals surface area contributed by atoms with Crippen LogP contribution in [-0.4, -0.2) is 23.3 Å². The smallest absolute Gasteiger partial charge is 0.294 e. The van der Waals surface area contributed by atoms with Crippen molar-refractivity contribution in [3.05, 3.63) is 69.8 Å². The van der Waals surface area contributed by atoms with Gasteiger partial charge in [0, 0.05) is 25.1 Å². The molecule has 2 amide bonds. The van der Waals surface area contributed by atoms with Gasteiger partial charge in [-0.3, -0.25) is 30.6 Å².